The highest BCUT2D eigenvalue weighted by Crippen LogP contribution is 2.41. The van der Waals surface area contributed by atoms with Crippen LogP contribution in [0.1, 0.15) is 181 Å². The molecular weight excluding hydrogens is 1440 g/mol. The van der Waals surface area contributed by atoms with Gasteiger partial charge in [0.05, 0.1) is 29.9 Å². The van der Waals surface area contributed by atoms with Crippen LogP contribution >= 0.6 is 0 Å². The fourth-order valence-corrected chi connectivity index (χ4v) is 15.2. The lowest BCUT2D eigenvalue weighted by Crippen LogP contribution is -2.61. The standard InChI is InChI=1S/C62H86N12O16.C20H28O2/c1-27(2)42-59(84)73-23-17-19-36(73)57(82)69(13)25-38(75)71(15)48(29(5)6)61(86)88-33(11)44(55(80)65-42)67-53(78)35-22-21-31(9)51-46(35)64-47-40(41(63)50(77)32(10)52(47)90-51)54(79)68-45-34(12)89-62(87)49(30(7)8)72(16)39(76)26-70(14)58(83)37-20-18-24-74(37)60(85)43(28(3)4)66-56(45)81;1-15(8-6-9-16(2)14-19(21)22)11-12-18-17(3)10-7-13-20(18,4)5/h21-22,27-30,33-34,36-37,42-45,48-49H,17-20,23-26,63H2,1-16H3,(H,65,80)(H,66,81)(H,67,78)(H,68,79);6,8-9,11-12,14H,7,10,13H2,1-5H3,(H,21,22)/b;9-6+,12-11+,15-8+,16-14+/t33-,34-,36+,37+,42-,43-,44+,45+,48+,49+;/m1./s1. The normalized spacial score (nSPS) is 25.0. The Morgan fingerprint density at radius 2 is 1.12 bits per heavy atom. The number of carboxylic acids is 1. The average Bonchev–Trinajstić information content (AvgIpc) is 0.842. The second kappa shape index (κ2) is 37.2. The van der Waals surface area contributed by atoms with E-state index in [4.69, 9.17) is 29.7 Å². The maximum atomic E-state index is 15.2. The number of carbonyl (C=O) groups excluding carboxylic acids is 12. The van der Waals surface area contributed by atoms with Gasteiger partial charge in [-0.15, -0.1) is 0 Å². The van der Waals surface area contributed by atoms with Crippen LogP contribution in [-0.2, 0) is 62.2 Å². The Morgan fingerprint density at radius 1 is 0.652 bits per heavy atom. The van der Waals surface area contributed by atoms with Gasteiger partial charge >= 0.3 is 17.9 Å². The Morgan fingerprint density at radius 3 is 1.57 bits per heavy atom. The lowest BCUT2D eigenvalue weighted by atomic mass is 9.72. The van der Waals surface area contributed by atoms with Crippen LogP contribution in [-0.4, -0.2) is 231 Å². The van der Waals surface area contributed by atoms with Gasteiger partial charge in [-0.2, -0.15) is 0 Å². The first-order valence-corrected chi connectivity index (χ1v) is 38.4. The number of aromatic nitrogens is 1. The number of nitrogens with zero attached hydrogens (tertiary/aromatic N) is 7. The fraction of sp³-hybridized carbons (Fsp3) is 0.573. The molecule has 7 aliphatic rings. The molecule has 1 aromatic rings. The second-order valence-corrected chi connectivity index (χ2v) is 32.3. The first-order chi connectivity index (χ1) is 52.3. The number of hydrogen-bond donors (Lipinski definition) is 6. The van der Waals surface area contributed by atoms with Crippen LogP contribution in [0, 0.1) is 42.9 Å². The number of benzene rings is 2. The SMILES string of the molecule is CC1=C(/C=C/C(C)=C/C=C/C(C)=C/C(=O)O)C(C)(C)CCC1.Cc1c2oc3c(C)ccc(C(=O)N[C@@H]4C(=O)N[C@H](C(C)C)C(=O)N5CCC[C@H]5C(=O)N(C)CC(=O)N(C)[C@@H](C(C)C)C(=O)O[C@@H]4C)c3nc-2c(C(=O)N[C@@H]2C(=O)N[C@H](C(C)C)C(=O)N3CCC[C@H]3C(=O)N(C)CC(=O)N(C)[C@@H](C(C)C)C(=O)O[C@@H]2C)c(N)c1=O. The largest absolute Gasteiger partial charge is 0.478 e. The quantitative estimate of drug-likeness (QED) is 0.0358. The second-order valence-electron chi connectivity index (χ2n) is 32.3. The molecule has 0 saturated carbocycles. The molecule has 1 aromatic carbocycles. The molecule has 7 N–H and O–H groups in total. The van der Waals surface area contributed by atoms with E-state index in [-0.39, 0.29) is 59.3 Å². The number of aryl methyl sites for hydroxylation is 1. The Labute approximate surface area is 655 Å². The molecule has 0 bridgehead atoms. The fourth-order valence-electron chi connectivity index (χ4n) is 15.2. The maximum Gasteiger partial charge on any atom is 0.329 e. The van der Waals surface area contributed by atoms with E-state index in [1.54, 1.807) is 75.3 Å². The Balaban J connectivity index is 0.000000680. The van der Waals surface area contributed by atoms with Gasteiger partial charge in [-0.05, 0) is 145 Å². The van der Waals surface area contributed by atoms with Crippen molar-refractivity contribution in [1.29, 1.82) is 0 Å². The Bertz CT molecular complexity index is 4370. The molecule has 30 heteroatoms. The molecular formula is C82H114N12O18. The predicted octanol–water partition coefficient (Wildman–Crippen LogP) is 6.33. The van der Waals surface area contributed by atoms with Gasteiger partial charge in [0.1, 0.15) is 71.8 Å². The van der Waals surface area contributed by atoms with Crippen molar-refractivity contribution in [2.24, 2.45) is 29.1 Å². The molecule has 4 saturated heterocycles. The first kappa shape index (κ1) is 88.7. The van der Waals surface area contributed by atoms with Crippen LogP contribution in [0.5, 0.6) is 0 Å². The number of aliphatic carboxylic acids is 1. The van der Waals surface area contributed by atoms with Gasteiger partial charge in [-0.25, -0.2) is 19.4 Å². The van der Waals surface area contributed by atoms with Gasteiger partial charge in [0.15, 0.2) is 11.3 Å². The van der Waals surface area contributed by atoms with Gasteiger partial charge in [-0.3, -0.25) is 52.7 Å². The van der Waals surface area contributed by atoms with Gasteiger partial charge in [0.25, 0.3) is 11.8 Å². The van der Waals surface area contributed by atoms with Crippen LogP contribution in [0.25, 0.3) is 22.6 Å². The molecule has 610 valence electrons. The third kappa shape index (κ3) is 20.2. The summed E-state index contributed by atoms with van der Waals surface area (Å²) >= 11 is 0. The molecule has 10 amide bonds. The number of carboxylic acid groups (broad SMARTS) is 1. The minimum Gasteiger partial charge on any atom is -0.478 e. The number of esters is 2. The molecule has 10 atom stereocenters. The lowest BCUT2D eigenvalue weighted by molar-refractivity contribution is -0.163. The number of nitrogens with two attached hydrogens (primary N) is 1. The van der Waals surface area contributed by atoms with E-state index >= 15 is 9.59 Å². The molecule has 5 aliphatic heterocycles. The minimum atomic E-state index is -1.88. The molecule has 112 heavy (non-hydrogen) atoms. The number of hydrogen-bond acceptors (Lipinski definition) is 19. The topological polar surface area (TPSA) is 397 Å². The molecule has 0 aromatic heterocycles. The van der Waals surface area contributed by atoms with E-state index < -0.39 is 197 Å². The number of ether oxygens (including phenoxy) is 2. The van der Waals surface area contributed by atoms with Crippen LogP contribution in [0.4, 0.5) is 5.69 Å². The van der Waals surface area contributed by atoms with E-state index in [1.807, 2.05) is 12.2 Å². The summed E-state index contributed by atoms with van der Waals surface area (Å²) in [5.41, 5.74) is 8.66. The van der Waals surface area contributed by atoms with Crippen LogP contribution < -0.4 is 32.4 Å². The zero-order valence-corrected chi connectivity index (χ0v) is 68.6. The Kier molecular flexibility index (Phi) is 29.4. The summed E-state index contributed by atoms with van der Waals surface area (Å²) in [6, 6.07) is -7.90. The van der Waals surface area contributed by atoms with E-state index in [1.165, 1.54) is 117 Å². The van der Waals surface area contributed by atoms with Crippen LogP contribution in [0.2, 0.25) is 0 Å². The minimum absolute atomic E-state index is 0.0763. The van der Waals surface area contributed by atoms with Crippen molar-refractivity contribution in [1.82, 2.24) is 55.7 Å². The molecule has 5 heterocycles. The number of allylic oxidation sites excluding steroid dienone is 9. The summed E-state index contributed by atoms with van der Waals surface area (Å²) in [6.07, 6.45) is 13.4. The highest BCUT2D eigenvalue weighted by Gasteiger charge is 2.47. The number of nitrogens with one attached hydrogen (secondary N) is 4. The predicted molar refractivity (Wildman–Crippen MR) is 419 cm³/mol. The van der Waals surface area contributed by atoms with E-state index in [0.717, 1.165) is 20.9 Å². The van der Waals surface area contributed by atoms with Crippen molar-refractivity contribution in [3.8, 4) is 11.5 Å². The number of carbonyl (C=O) groups is 13. The number of cyclic esters (lactones) is 2. The molecule has 0 radical (unpaired) electrons. The van der Waals surface area contributed by atoms with E-state index in [0.29, 0.717) is 18.4 Å². The monoisotopic (exact) mass is 1550 g/mol. The Hall–Kier alpha value is -10.5. The van der Waals surface area contributed by atoms with Gasteiger partial charge in [0.2, 0.25) is 52.7 Å². The number of fused-ring (bicyclic) bond motifs is 4. The summed E-state index contributed by atoms with van der Waals surface area (Å²) in [6.45, 7) is 29.1. The molecule has 30 nitrogen and oxygen atoms in total. The average molecular weight is 1560 g/mol. The van der Waals surface area contributed by atoms with Crippen LogP contribution in [0.15, 0.2) is 80.1 Å². The van der Waals surface area contributed by atoms with Crippen LogP contribution in [0.3, 0.4) is 0 Å². The summed E-state index contributed by atoms with van der Waals surface area (Å²) in [7, 11) is 5.59. The summed E-state index contributed by atoms with van der Waals surface area (Å²) in [5, 5.41) is 19.3. The number of amides is 10. The molecule has 0 spiro atoms. The summed E-state index contributed by atoms with van der Waals surface area (Å²) in [5.74, 6) is -13.3. The van der Waals surface area contributed by atoms with Crippen molar-refractivity contribution in [3.05, 3.63) is 103 Å². The summed E-state index contributed by atoms with van der Waals surface area (Å²) in [4.78, 5) is 210. The van der Waals surface area contributed by atoms with Crippen molar-refractivity contribution in [2.75, 3.05) is 60.1 Å². The highest BCUT2D eigenvalue weighted by molar-refractivity contribution is 6.10. The molecule has 4 fully saturated rings. The third-order valence-electron chi connectivity index (χ3n) is 21.6. The highest BCUT2D eigenvalue weighted by atomic mass is 16.6. The lowest BCUT2D eigenvalue weighted by Gasteiger charge is -2.36. The van der Waals surface area contributed by atoms with Crippen molar-refractivity contribution in [3.63, 3.8) is 0 Å². The van der Waals surface area contributed by atoms with Crippen molar-refractivity contribution < 1.29 is 81.3 Å². The number of likely N-dealkylation sites (N-methyl/N-ethyl adjacent to an activating group) is 4. The molecule has 8 rings (SSSR count). The van der Waals surface area contributed by atoms with Crippen molar-refractivity contribution >= 4 is 93.8 Å². The van der Waals surface area contributed by atoms with E-state index in [9.17, 15) is 57.5 Å². The smallest absolute Gasteiger partial charge is 0.329 e. The van der Waals surface area contributed by atoms with Gasteiger partial charge < -0.3 is 75.4 Å². The molecule has 2 aliphatic carbocycles. The number of nitrogen functional groups attached to an aromatic ring is 1. The summed E-state index contributed by atoms with van der Waals surface area (Å²) < 4.78 is 18.3. The van der Waals surface area contributed by atoms with Gasteiger partial charge in [0, 0.05) is 52.9 Å². The zero-order valence-electron chi connectivity index (χ0n) is 68.6. The van der Waals surface area contributed by atoms with Gasteiger partial charge in [-0.1, -0.05) is 117 Å². The maximum absolute atomic E-state index is 15.2. The van der Waals surface area contributed by atoms with Crippen molar-refractivity contribution in [2.45, 2.75) is 223 Å². The van der Waals surface area contributed by atoms with E-state index in [2.05, 4.69) is 61.1 Å². The zero-order chi connectivity index (χ0) is 83.7. The number of anilines is 1. The third-order valence-corrected chi connectivity index (χ3v) is 21.6. The first-order valence-electron chi connectivity index (χ1n) is 38.4. The molecule has 0 unspecified atom stereocenters. The number of rotatable bonds is 13.